The normalized spacial score (nSPS) is 14.0. The molecule has 1 aliphatic rings. The summed E-state index contributed by atoms with van der Waals surface area (Å²) in [5.41, 5.74) is 10.8. The summed E-state index contributed by atoms with van der Waals surface area (Å²) in [6.45, 7) is 29.5. The zero-order chi connectivity index (χ0) is 42.1. The van der Waals surface area contributed by atoms with Crippen molar-refractivity contribution in [3.8, 4) is 28.4 Å². The van der Waals surface area contributed by atoms with Crippen LogP contribution >= 0.6 is 0 Å². The van der Waals surface area contributed by atoms with Gasteiger partial charge in [0.25, 0.3) is 0 Å². The molecule has 7 aromatic rings. The first-order chi connectivity index (χ1) is 27.8. The van der Waals surface area contributed by atoms with Crippen LogP contribution in [0.4, 0.5) is 11.4 Å². The third-order valence-corrected chi connectivity index (χ3v) is 11.2. The van der Waals surface area contributed by atoms with Crippen LogP contribution in [0.5, 0.6) is 11.5 Å². The summed E-state index contributed by atoms with van der Waals surface area (Å²) in [5, 5.41) is 2.24. The molecule has 0 saturated carbocycles. The minimum absolute atomic E-state index is 0. The maximum absolute atomic E-state index is 6.87. The number of pyridine rings is 1. The third kappa shape index (κ3) is 8.31. The molecule has 8 rings (SSSR count). The molecule has 0 saturated heterocycles. The fourth-order valence-corrected chi connectivity index (χ4v) is 8.20. The van der Waals surface area contributed by atoms with Crippen molar-refractivity contribution in [3.05, 3.63) is 163 Å². The van der Waals surface area contributed by atoms with Crippen LogP contribution in [-0.4, -0.2) is 9.55 Å². The van der Waals surface area contributed by atoms with Crippen molar-refractivity contribution in [2.24, 2.45) is 10.8 Å². The number of rotatable bonds is 6. The molecule has 6 heteroatoms. The van der Waals surface area contributed by atoms with E-state index in [0.717, 1.165) is 50.1 Å². The van der Waals surface area contributed by atoms with E-state index in [1.54, 1.807) is 0 Å². The molecule has 0 fully saturated rings. The summed E-state index contributed by atoms with van der Waals surface area (Å²) in [6.07, 6.45) is 1.91. The number of para-hydroxylation sites is 1. The summed E-state index contributed by atoms with van der Waals surface area (Å²) in [4.78, 5) is 9.59. The van der Waals surface area contributed by atoms with Gasteiger partial charge in [-0.2, -0.15) is 6.07 Å². The fourth-order valence-electron chi connectivity index (χ4n) is 8.20. The van der Waals surface area contributed by atoms with E-state index in [0.29, 0.717) is 11.5 Å². The first kappa shape index (κ1) is 43.0. The Hall–Kier alpha value is -5.12. The van der Waals surface area contributed by atoms with Crippen LogP contribution in [0.2, 0.25) is 0 Å². The summed E-state index contributed by atoms with van der Waals surface area (Å²) in [6, 6.07) is 48.2. The molecule has 0 bridgehead atoms. The molecule has 0 unspecified atom stereocenters. The molecular weight excluding hydrogens is 916 g/mol. The average molecular weight is 973 g/mol. The Balaban J connectivity index is 0.00000544. The molecule has 0 N–H and O–H groups in total. The molecule has 3 heterocycles. The van der Waals surface area contributed by atoms with Crippen LogP contribution in [0.25, 0.3) is 38.8 Å². The Kier molecular flexibility index (Phi) is 11.3. The molecule has 312 valence electrons. The van der Waals surface area contributed by atoms with Gasteiger partial charge in [-0.15, -0.1) is 53.6 Å². The summed E-state index contributed by atoms with van der Waals surface area (Å²) in [7, 11) is 0. The zero-order valence-electron chi connectivity index (χ0n) is 37.1. The third-order valence-electron chi connectivity index (χ3n) is 11.2. The van der Waals surface area contributed by atoms with Crippen molar-refractivity contribution in [2.45, 2.75) is 93.9 Å². The van der Waals surface area contributed by atoms with Gasteiger partial charge >= 0.3 is 0 Å². The van der Waals surface area contributed by atoms with Gasteiger partial charge in [0.15, 0.2) is 0 Å². The van der Waals surface area contributed by atoms with E-state index in [1.807, 2.05) is 12.3 Å². The van der Waals surface area contributed by atoms with Crippen LogP contribution in [0.15, 0.2) is 133 Å². The van der Waals surface area contributed by atoms with E-state index in [9.17, 15) is 0 Å². The number of hydrogen-bond acceptors (Lipinski definition) is 4. The quantitative estimate of drug-likeness (QED) is 0.156. The predicted octanol–water partition coefficient (Wildman–Crippen LogP) is 14.6. The van der Waals surface area contributed by atoms with Gasteiger partial charge in [-0.3, -0.25) is 0 Å². The van der Waals surface area contributed by atoms with Gasteiger partial charge in [0.05, 0.1) is 0 Å². The topological polar surface area (TPSA) is 33.5 Å². The van der Waals surface area contributed by atoms with E-state index >= 15 is 0 Å². The number of ether oxygens (including phenoxy) is 1. The number of benzene rings is 5. The van der Waals surface area contributed by atoms with E-state index in [-0.39, 0.29) is 42.7 Å². The minimum atomic E-state index is -0.207. The second-order valence-electron chi connectivity index (χ2n) is 20.0. The van der Waals surface area contributed by atoms with Gasteiger partial charge in [0.2, 0.25) is 0 Å². The Bertz CT molecular complexity index is 2700. The second-order valence-corrected chi connectivity index (χ2v) is 20.0. The molecule has 0 amide bonds. The van der Waals surface area contributed by atoms with Crippen molar-refractivity contribution < 1.29 is 25.8 Å². The monoisotopic (exact) mass is 972 g/mol. The van der Waals surface area contributed by atoms with Crippen LogP contribution in [0.3, 0.4) is 0 Å². The number of aromatic nitrogens is 2. The molecule has 0 radical (unpaired) electrons. The predicted molar refractivity (Wildman–Crippen MR) is 247 cm³/mol. The molecule has 0 spiro atoms. The number of hydrogen-bond donors (Lipinski definition) is 0. The first-order valence-corrected chi connectivity index (χ1v) is 20.8. The minimum Gasteiger partial charge on any atom is -0.509 e. The Morgan fingerprint density at radius 2 is 1.17 bits per heavy atom. The van der Waals surface area contributed by atoms with Gasteiger partial charge in [0.1, 0.15) is 5.82 Å². The van der Waals surface area contributed by atoms with Crippen LogP contribution in [-0.2, 0) is 31.9 Å². The molecule has 5 nitrogen and oxygen atoms in total. The van der Waals surface area contributed by atoms with Gasteiger partial charge in [-0.1, -0.05) is 149 Å². The molecule has 60 heavy (non-hydrogen) atoms. The van der Waals surface area contributed by atoms with E-state index in [2.05, 4.69) is 225 Å². The van der Waals surface area contributed by atoms with Crippen molar-refractivity contribution in [1.82, 2.24) is 9.55 Å². The van der Waals surface area contributed by atoms with Gasteiger partial charge in [-0.05, 0) is 63.2 Å². The number of nitrogens with zero attached hydrogens (tertiary/aromatic N) is 4. The smallest absolute Gasteiger partial charge is 0.135 e. The molecule has 5 aromatic carbocycles. The number of anilines is 2. The zero-order valence-corrected chi connectivity index (χ0v) is 39.4. The Labute approximate surface area is 372 Å². The van der Waals surface area contributed by atoms with Crippen molar-refractivity contribution in [3.63, 3.8) is 0 Å². The number of fused-ring (bicyclic) bond motifs is 3. The summed E-state index contributed by atoms with van der Waals surface area (Å²) < 4.78 is 9.08. The van der Waals surface area contributed by atoms with Gasteiger partial charge in [-0.25, -0.2) is 4.98 Å². The molecular formula is C54H57N4OPt-3. The fraction of sp³-hybridized carbons (Fsp3) is 0.296. The van der Waals surface area contributed by atoms with E-state index in [4.69, 9.17) is 9.72 Å². The number of allylic oxidation sites excluding steroid dienone is 2. The summed E-state index contributed by atoms with van der Waals surface area (Å²) in [5.74, 6) is 2.07. The Morgan fingerprint density at radius 3 is 1.82 bits per heavy atom. The maximum atomic E-state index is 6.87. The first-order valence-electron chi connectivity index (χ1n) is 20.8. The average Bonchev–Trinajstić information content (AvgIpc) is 3.76. The summed E-state index contributed by atoms with van der Waals surface area (Å²) >= 11 is 0. The largest absolute Gasteiger partial charge is 0.509 e. The van der Waals surface area contributed by atoms with Crippen molar-refractivity contribution in [2.75, 3.05) is 9.80 Å². The molecule has 0 atom stereocenters. The van der Waals surface area contributed by atoms with Crippen molar-refractivity contribution >= 4 is 33.2 Å². The van der Waals surface area contributed by atoms with Crippen LogP contribution in [0, 0.1) is 29.6 Å². The second kappa shape index (κ2) is 15.7. The van der Waals surface area contributed by atoms with Crippen molar-refractivity contribution in [1.29, 1.82) is 0 Å². The Morgan fingerprint density at radius 1 is 0.533 bits per heavy atom. The molecule has 2 aromatic heterocycles. The molecule has 0 aliphatic carbocycles. The standard InChI is InChI=1S/C54H57N4O.Pt/c1-51(2,3)38-22-24-40(25-23-38)56-35-57(50(54(10,11)12)49(56)53(7,8)9)41-30-37(36-18-14-13-15-19-36)31-43(33-41)59-42-26-27-45-44-20-16-17-21-46(44)58(47(45)34-42)48-32-39(28-29-55-48)52(4,5)6;/h13-32,35H,1-12H3;/q-3;. The molecule has 1 aliphatic heterocycles. The van der Waals surface area contributed by atoms with Crippen LogP contribution < -0.4 is 14.5 Å². The van der Waals surface area contributed by atoms with Gasteiger partial charge < -0.3 is 19.1 Å². The van der Waals surface area contributed by atoms with E-state index in [1.165, 1.54) is 22.5 Å². The maximum Gasteiger partial charge on any atom is 0.135 e. The van der Waals surface area contributed by atoms with Gasteiger partial charge in [0, 0.05) is 72.2 Å². The van der Waals surface area contributed by atoms with E-state index < -0.39 is 0 Å². The SMILES string of the molecule is CC(C)(C)C1=C(C(C)(C)C)N(c2ccc(C(C)(C)C)cc2)[CH-]N1c1[c-]c(Oc2[c-]c3c(cc2)c2ccccc2n3-c2cc(C(C)(C)C)ccn2)cc(-c2ccccc2)c1.[Pt]. The van der Waals surface area contributed by atoms with Crippen LogP contribution in [0.1, 0.15) is 94.2 Å².